The summed E-state index contributed by atoms with van der Waals surface area (Å²) in [7, 11) is -6.55. The molecule has 0 bridgehead atoms. The van der Waals surface area contributed by atoms with Gasteiger partial charge in [0.05, 0.1) is 6.61 Å². The fourth-order valence-electron chi connectivity index (χ4n) is 3.56. The van der Waals surface area contributed by atoms with Crippen LogP contribution in [0.2, 0.25) is 0 Å². The van der Waals surface area contributed by atoms with Crippen molar-refractivity contribution in [1.82, 2.24) is 0 Å². The van der Waals surface area contributed by atoms with E-state index >= 15 is 0 Å². The first-order valence-corrected chi connectivity index (χ1v) is 14.1. The normalized spacial score (nSPS) is 14.8. The molecule has 1 atom stereocenters. The van der Waals surface area contributed by atoms with Gasteiger partial charge in [-0.2, -0.15) is 47.9 Å². The first-order valence-electron chi connectivity index (χ1n) is 12.7. The molecule has 0 aromatic heterocycles. The van der Waals surface area contributed by atoms with Crippen molar-refractivity contribution in [1.29, 1.82) is 0 Å². The Morgan fingerprint density at radius 1 is 0.649 bits per heavy atom. The Morgan fingerprint density at radius 2 is 1.08 bits per heavy atom. The van der Waals surface area contributed by atoms with E-state index in [1.807, 2.05) is 0 Å². The smallest absolute Gasteiger partial charge is 0.265 e. The molecule has 0 saturated heterocycles. The highest BCUT2D eigenvalue weighted by Gasteiger charge is 2.80. The molecule has 0 aromatic carbocycles. The molecule has 0 heterocycles. The second kappa shape index (κ2) is 16.3. The number of hydrogen-bond donors (Lipinski definition) is 0. The van der Waals surface area contributed by atoms with Crippen molar-refractivity contribution >= 4 is 10.1 Å². The second-order valence-electron chi connectivity index (χ2n) is 9.21. The molecule has 0 aromatic rings. The third-order valence-corrected chi connectivity index (χ3v) is 7.26. The zero-order valence-corrected chi connectivity index (χ0v) is 21.8. The summed E-state index contributed by atoms with van der Waals surface area (Å²) < 4.78 is 161. The van der Waals surface area contributed by atoms with Crippen molar-refractivity contribution in [2.45, 2.75) is 139 Å². The van der Waals surface area contributed by atoms with Crippen LogP contribution >= 0.6 is 0 Å². The molecule has 0 rings (SSSR count). The number of unbranched alkanes of at least 4 members (excludes halogenated alkanes) is 12. The van der Waals surface area contributed by atoms with Crippen LogP contribution in [0.3, 0.4) is 0 Å². The Kier molecular flexibility index (Phi) is 16.0. The molecule has 0 spiro atoms. The average Bonchev–Trinajstić information content (AvgIpc) is 2.78. The van der Waals surface area contributed by atoms with Crippen molar-refractivity contribution in [3.8, 4) is 0 Å². The van der Waals surface area contributed by atoms with Crippen molar-refractivity contribution in [2.24, 2.45) is 0 Å². The third kappa shape index (κ3) is 12.3. The monoisotopic (exact) mass is 584 g/mol. The fourth-order valence-corrected chi connectivity index (χ4v) is 4.50. The summed E-state index contributed by atoms with van der Waals surface area (Å²) in [6.45, 7) is 1.17. The number of hydrogen-bond acceptors (Lipinski definition) is 3. The Morgan fingerprint density at radius 3 is 1.54 bits per heavy atom. The summed E-state index contributed by atoms with van der Waals surface area (Å²) in [5.74, 6) is -12.8. The van der Waals surface area contributed by atoms with Crippen LogP contribution in [-0.2, 0) is 14.3 Å². The molecule has 0 N–H and O–H groups in total. The Bertz CT molecular complexity index is 712. The van der Waals surface area contributed by atoms with Crippen molar-refractivity contribution in [3.05, 3.63) is 0 Å². The molecule has 3 nitrogen and oxygen atoms in total. The van der Waals surface area contributed by atoms with E-state index in [9.17, 15) is 52.3 Å². The van der Waals surface area contributed by atoms with Crippen LogP contribution in [-0.4, -0.2) is 44.5 Å². The van der Waals surface area contributed by atoms with E-state index in [2.05, 4.69) is 11.1 Å². The fraction of sp³-hybridized carbons (Fsp3) is 1.00. The molecule has 37 heavy (non-hydrogen) atoms. The zero-order chi connectivity index (χ0) is 28.8. The summed E-state index contributed by atoms with van der Waals surface area (Å²) in [5.41, 5.74) is 0. The highest BCUT2D eigenvalue weighted by Crippen LogP contribution is 2.51. The van der Waals surface area contributed by atoms with E-state index in [1.54, 1.807) is 0 Å². The van der Waals surface area contributed by atoms with Gasteiger partial charge >= 0.3 is 33.4 Å². The summed E-state index contributed by atoms with van der Waals surface area (Å²) in [4.78, 5) is 0. The molecule has 224 valence electrons. The SMILES string of the molecule is CCCCCCCCCCCCCOS(=O)(=O)C(F)(F)C(F)(F)C(F)(F)C(F)CCCCCC(F)(F)F. The molecule has 0 saturated carbocycles. The van der Waals surface area contributed by atoms with Crippen LogP contribution in [0.25, 0.3) is 0 Å². The lowest BCUT2D eigenvalue weighted by atomic mass is 10.0. The summed E-state index contributed by atoms with van der Waals surface area (Å²) >= 11 is 0. The minimum absolute atomic E-state index is 0.0998. The van der Waals surface area contributed by atoms with E-state index in [1.165, 1.54) is 6.42 Å². The van der Waals surface area contributed by atoms with Crippen LogP contribution in [0.1, 0.15) is 110 Å². The maximum Gasteiger partial charge on any atom is 0.438 e. The summed E-state index contributed by atoms with van der Waals surface area (Å²) in [6.07, 6.45) is -3.83. The van der Waals surface area contributed by atoms with Gasteiger partial charge in [0.1, 0.15) is 0 Å². The lowest BCUT2D eigenvalue weighted by Gasteiger charge is -2.33. The summed E-state index contributed by atoms with van der Waals surface area (Å²) in [5, 5.41) is -6.44. The van der Waals surface area contributed by atoms with Gasteiger partial charge in [0, 0.05) is 6.42 Å². The highest BCUT2D eigenvalue weighted by atomic mass is 32.2. The summed E-state index contributed by atoms with van der Waals surface area (Å²) in [6, 6.07) is 0. The van der Waals surface area contributed by atoms with E-state index in [0.717, 1.165) is 44.9 Å². The van der Waals surface area contributed by atoms with Gasteiger partial charge < -0.3 is 0 Å². The largest absolute Gasteiger partial charge is 0.438 e. The van der Waals surface area contributed by atoms with Crippen molar-refractivity contribution < 1.29 is 56.5 Å². The third-order valence-electron chi connectivity index (χ3n) is 5.90. The van der Waals surface area contributed by atoms with Crippen LogP contribution in [0.5, 0.6) is 0 Å². The van der Waals surface area contributed by atoms with Crippen LogP contribution in [0.15, 0.2) is 0 Å². The Balaban J connectivity index is 4.61. The first kappa shape index (κ1) is 36.2. The van der Waals surface area contributed by atoms with Crippen LogP contribution in [0, 0.1) is 0 Å². The molecule has 0 aliphatic carbocycles. The molecule has 0 radical (unpaired) electrons. The standard InChI is InChI=1S/C23H38F10O3S/c1-2-3-4-5-6-7-8-9-10-11-15-18-36-37(34,35)23(32,33)22(30,31)21(28,29)19(24)16-13-12-14-17-20(25,26)27/h19H,2-18H2,1H3. The molecule has 0 aliphatic rings. The van der Waals surface area contributed by atoms with E-state index in [-0.39, 0.29) is 6.42 Å². The molecule has 1 unspecified atom stereocenters. The number of rotatable bonds is 22. The molecule has 14 heteroatoms. The maximum atomic E-state index is 14.0. The Hall–Kier alpha value is -0.790. The van der Waals surface area contributed by atoms with Gasteiger partial charge in [-0.3, -0.25) is 4.18 Å². The quantitative estimate of drug-likeness (QED) is 0.0724. The minimum Gasteiger partial charge on any atom is -0.265 e. The molecular formula is C23H38F10O3S. The highest BCUT2D eigenvalue weighted by molar-refractivity contribution is 7.87. The van der Waals surface area contributed by atoms with Gasteiger partial charge in [0.2, 0.25) is 0 Å². The lowest BCUT2D eigenvalue weighted by Crippen LogP contribution is -2.61. The average molecular weight is 585 g/mol. The number of halogens is 10. The zero-order valence-electron chi connectivity index (χ0n) is 21.0. The molecule has 0 aliphatic heterocycles. The van der Waals surface area contributed by atoms with Crippen molar-refractivity contribution in [3.63, 3.8) is 0 Å². The van der Waals surface area contributed by atoms with Gasteiger partial charge in [-0.1, -0.05) is 84.0 Å². The first-order chi connectivity index (χ1) is 16.9. The maximum absolute atomic E-state index is 14.0. The molecular weight excluding hydrogens is 546 g/mol. The molecule has 0 amide bonds. The van der Waals surface area contributed by atoms with Crippen LogP contribution in [0.4, 0.5) is 43.9 Å². The number of alkyl halides is 10. The lowest BCUT2D eigenvalue weighted by molar-refractivity contribution is -0.300. The second-order valence-corrected chi connectivity index (χ2v) is 10.9. The van der Waals surface area contributed by atoms with Crippen LogP contribution < -0.4 is 0 Å². The minimum atomic E-state index is -6.67. The van der Waals surface area contributed by atoms with E-state index in [4.69, 9.17) is 0 Å². The van der Waals surface area contributed by atoms with Gasteiger partial charge in [-0.15, -0.1) is 0 Å². The molecule has 0 fully saturated rings. The van der Waals surface area contributed by atoms with Crippen molar-refractivity contribution in [2.75, 3.05) is 6.61 Å². The Labute approximate surface area is 212 Å². The van der Waals surface area contributed by atoms with Gasteiger partial charge in [-0.25, -0.2) is 4.39 Å². The predicted molar refractivity (Wildman–Crippen MR) is 120 cm³/mol. The topological polar surface area (TPSA) is 43.4 Å². The van der Waals surface area contributed by atoms with E-state index in [0.29, 0.717) is 12.8 Å². The van der Waals surface area contributed by atoms with Gasteiger partial charge in [0.15, 0.2) is 6.17 Å². The predicted octanol–water partition coefficient (Wildman–Crippen LogP) is 9.36. The van der Waals surface area contributed by atoms with E-state index < -0.39 is 78.3 Å². The van der Waals surface area contributed by atoms with Gasteiger partial charge in [0.25, 0.3) is 0 Å². The van der Waals surface area contributed by atoms with Gasteiger partial charge in [-0.05, 0) is 19.3 Å².